The Hall–Kier alpha value is -0.410. The summed E-state index contributed by atoms with van der Waals surface area (Å²) < 4.78 is 0. The van der Waals surface area contributed by atoms with E-state index < -0.39 is 6.10 Å². The lowest BCUT2D eigenvalue weighted by molar-refractivity contribution is -0.115. The number of aliphatic hydroxyl groups is 1. The minimum absolute atomic E-state index is 0.279. The average molecular weight is 213 g/mol. The van der Waals surface area contributed by atoms with Gasteiger partial charge in [-0.15, -0.1) is 0 Å². The van der Waals surface area contributed by atoms with Crippen molar-refractivity contribution in [3.8, 4) is 0 Å². The number of likely N-dealkylation sites (tertiary alicyclic amines) is 1. The van der Waals surface area contributed by atoms with Gasteiger partial charge in [-0.1, -0.05) is 0 Å². The Labute approximate surface area is 92.5 Å². The number of carbonyl (C=O) groups excluding carboxylic acids is 1. The van der Waals surface area contributed by atoms with Crippen LogP contribution >= 0.6 is 0 Å². The third-order valence-electron chi connectivity index (χ3n) is 3.78. The normalized spacial score (nSPS) is 34.7. The molecule has 3 nitrogen and oxygen atoms in total. The summed E-state index contributed by atoms with van der Waals surface area (Å²) in [4.78, 5) is 13.3. The van der Waals surface area contributed by atoms with Gasteiger partial charge in [0.1, 0.15) is 6.29 Å². The summed E-state index contributed by atoms with van der Waals surface area (Å²) >= 11 is 0. The average Bonchev–Trinajstić information content (AvgIpc) is 2.14. The van der Waals surface area contributed by atoms with Crippen molar-refractivity contribution in [1.29, 1.82) is 0 Å². The number of aldehydes is 1. The van der Waals surface area contributed by atoms with E-state index >= 15 is 0 Å². The third kappa shape index (κ3) is 1.62. The monoisotopic (exact) mass is 213 g/mol. The zero-order chi connectivity index (χ0) is 12.0. The van der Waals surface area contributed by atoms with Gasteiger partial charge in [-0.25, -0.2) is 0 Å². The van der Waals surface area contributed by atoms with Gasteiger partial charge in [0.15, 0.2) is 0 Å². The van der Waals surface area contributed by atoms with Crippen LogP contribution < -0.4 is 0 Å². The number of aliphatic hydroxyl groups excluding tert-OH is 1. The molecule has 1 saturated heterocycles. The zero-order valence-electron chi connectivity index (χ0n) is 10.6. The lowest BCUT2D eigenvalue weighted by Crippen LogP contribution is -2.54. The van der Waals surface area contributed by atoms with Crippen molar-refractivity contribution in [2.75, 3.05) is 0 Å². The molecule has 1 aliphatic heterocycles. The molecule has 0 aromatic heterocycles. The molecule has 1 aliphatic rings. The maximum Gasteiger partial charge on any atom is 0.127 e. The predicted molar refractivity (Wildman–Crippen MR) is 60.7 cm³/mol. The van der Waals surface area contributed by atoms with E-state index in [0.717, 1.165) is 6.29 Å². The molecule has 0 amide bonds. The molecule has 2 atom stereocenters. The van der Waals surface area contributed by atoms with Gasteiger partial charge in [0.25, 0.3) is 0 Å². The van der Waals surface area contributed by atoms with Crippen LogP contribution in [0.2, 0.25) is 0 Å². The lowest BCUT2D eigenvalue weighted by atomic mass is 9.86. The number of rotatable bonds is 2. The molecule has 0 aliphatic carbocycles. The van der Waals surface area contributed by atoms with E-state index in [2.05, 4.69) is 18.7 Å². The summed E-state index contributed by atoms with van der Waals surface area (Å²) in [7, 11) is 0. The quantitative estimate of drug-likeness (QED) is 0.706. The summed E-state index contributed by atoms with van der Waals surface area (Å²) in [6, 6.07) is 0.314. The molecule has 0 radical (unpaired) electrons. The fourth-order valence-electron chi connectivity index (χ4n) is 3.44. The molecule has 0 aromatic carbocycles. The molecule has 1 N–H and O–H groups in total. The van der Waals surface area contributed by atoms with Gasteiger partial charge in [0, 0.05) is 17.1 Å². The van der Waals surface area contributed by atoms with Crippen LogP contribution in [-0.2, 0) is 4.79 Å². The highest BCUT2D eigenvalue weighted by Crippen LogP contribution is 2.45. The van der Waals surface area contributed by atoms with Crippen LogP contribution in [0.5, 0.6) is 0 Å². The van der Waals surface area contributed by atoms with Crippen LogP contribution in [-0.4, -0.2) is 39.5 Å². The van der Waals surface area contributed by atoms with E-state index in [9.17, 15) is 9.90 Å². The van der Waals surface area contributed by atoms with Crippen molar-refractivity contribution in [3.05, 3.63) is 0 Å². The minimum Gasteiger partial charge on any atom is -0.390 e. The Kier molecular flexibility index (Phi) is 3.01. The molecular formula is C12H23NO2. The minimum atomic E-state index is -0.590. The van der Waals surface area contributed by atoms with Crippen LogP contribution in [0.4, 0.5) is 0 Å². The second kappa shape index (κ2) is 3.56. The zero-order valence-corrected chi connectivity index (χ0v) is 10.6. The topological polar surface area (TPSA) is 40.5 Å². The molecule has 1 rings (SSSR count). The second-order valence-corrected chi connectivity index (χ2v) is 5.88. The van der Waals surface area contributed by atoms with E-state index in [4.69, 9.17) is 0 Å². The Balaban J connectivity index is 3.21. The molecule has 0 bridgehead atoms. The van der Waals surface area contributed by atoms with Crippen LogP contribution in [0.3, 0.4) is 0 Å². The third-order valence-corrected chi connectivity index (χ3v) is 3.78. The van der Waals surface area contributed by atoms with Crippen LogP contribution in [0, 0.1) is 5.92 Å². The van der Waals surface area contributed by atoms with Gasteiger partial charge >= 0.3 is 0 Å². The highest BCUT2D eigenvalue weighted by molar-refractivity contribution is 5.59. The Morgan fingerprint density at radius 3 is 1.87 bits per heavy atom. The molecule has 3 heteroatoms. The fourth-order valence-corrected chi connectivity index (χ4v) is 3.44. The largest absolute Gasteiger partial charge is 0.390 e. The van der Waals surface area contributed by atoms with Crippen molar-refractivity contribution in [3.63, 3.8) is 0 Å². The van der Waals surface area contributed by atoms with E-state index in [1.807, 2.05) is 27.7 Å². The molecular weight excluding hydrogens is 190 g/mol. The van der Waals surface area contributed by atoms with Crippen molar-refractivity contribution in [2.45, 2.75) is 64.8 Å². The summed E-state index contributed by atoms with van der Waals surface area (Å²) in [5, 5.41) is 10.2. The Morgan fingerprint density at radius 2 is 1.67 bits per heavy atom. The van der Waals surface area contributed by atoms with Crippen LogP contribution in [0.25, 0.3) is 0 Å². The second-order valence-electron chi connectivity index (χ2n) is 5.88. The number of carbonyl (C=O) groups is 1. The van der Waals surface area contributed by atoms with Gasteiger partial charge in [-0.2, -0.15) is 0 Å². The molecule has 15 heavy (non-hydrogen) atoms. The first-order chi connectivity index (χ1) is 6.67. The molecule has 0 aromatic rings. The fraction of sp³-hybridized carbons (Fsp3) is 0.917. The lowest BCUT2D eigenvalue weighted by Gasteiger charge is -2.44. The number of nitrogens with zero attached hydrogens (tertiary/aromatic N) is 1. The van der Waals surface area contributed by atoms with Crippen molar-refractivity contribution in [1.82, 2.24) is 4.90 Å². The van der Waals surface area contributed by atoms with Crippen molar-refractivity contribution >= 4 is 6.29 Å². The van der Waals surface area contributed by atoms with E-state index in [-0.39, 0.29) is 17.0 Å². The SMILES string of the molecule is CC(C)N1C(C)(C)C(O)C(C=O)C1(C)C. The summed E-state index contributed by atoms with van der Waals surface area (Å²) in [5.41, 5.74) is -0.623. The summed E-state index contributed by atoms with van der Waals surface area (Å²) in [6.07, 6.45) is 0.307. The van der Waals surface area contributed by atoms with Gasteiger partial charge in [0.2, 0.25) is 0 Å². The smallest absolute Gasteiger partial charge is 0.127 e. The first kappa shape index (κ1) is 12.7. The highest BCUT2D eigenvalue weighted by atomic mass is 16.3. The standard InChI is InChI=1S/C12H23NO2/c1-8(2)13-11(3,4)9(7-14)10(15)12(13,5)6/h7-10,15H,1-6H3. The number of hydrogen-bond donors (Lipinski definition) is 1. The Bertz CT molecular complexity index is 258. The molecule has 0 saturated carbocycles. The maximum atomic E-state index is 11.1. The summed E-state index contributed by atoms with van der Waals surface area (Å²) in [5.74, 6) is -0.310. The number of hydrogen-bond acceptors (Lipinski definition) is 3. The van der Waals surface area contributed by atoms with Gasteiger partial charge < -0.3 is 9.90 Å². The van der Waals surface area contributed by atoms with E-state index in [0.29, 0.717) is 6.04 Å². The van der Waals surface area contributed by atoms with Gasteiger partial charge in [0.05, 0.1) is 12.0 Å². The van der Waals surface area contributed by atoms with Gasteiger partial charge in [-0.3, -0.25) is 4.90 Å². The van der Waals surface area contributed by atoms with E-state index in [1.165, 1.54) is 0 Å². The predicted octanol–water partition coefficient (Wildman–Crippen LogP) is 1.44. The molecule has 88 valence electrons. The first-order valence-corrected chi connectivity index (χ1v) is 5.60. The van der Waals surface area contributed by atoms with E-state index in [1.54, 1.807) is 0 Å². The summed E-state index contributed by atoms with van der Waals surface area (Å²) in [6.45, 7) is 12.3. The first-order valence-electron chi connectivity index (χ1n) is 5.60. The van der Waals surface area contributed by atoms with Crippen LogP contribution in [0.15, 0.2) is 0 Å². The highest BCUT2D eigenvalue weighted by Gasteiger charge is 2.58. The van der Waals surface area contributed by atoms with Crippen molar-refractivity contribution < 1.29 is 9.90 Å². The molecule has 1 fully saturated rings. The molecule has 0 spiro atoms. The Morgan fingerprint density at radius 1 is 1.20 bits per heavy atom. The molecule has 1 heterocycles. The molecule has 2 unspecified atom stereocenters. The maximum absolute atomic E-state index is 11.1. The van der Waals surface area contributed by atoms with Crippen LogP contribution in [0.1, 0.15) is 41.5 Å². The van der Waals surface area contributed by atoms with Gasteiger partial charge in [-0.05, 0) is 41.5 Å². The van der Waals surface area contributed by atoms with Crippen molar-refractivity contribution in [2.24, 2.45) is 5.92 Å².